The number of para-hydroxylation sites is 1. The quantitative estimate of drug-likeness (QED) is 0.475. The Hall–Kier alpha value is -2.78. The maximum Gasteiger partial charge on any atom is 0.381 e. The molecule has 0 heterocycles. The minimum absolute atomic E-state index is 0.0150. The lowest BCUT2D eigenvalue weighted by Gasteiger charge is -2.25. The molecule has 2 rings (SSSR count). The van der Waals surface area contributed by atoms with E-state index in [1.165, 1.54) is 24.1 Å². The molecule has 0 spiro atoms. The second-order valence-electron chi connectivity index (χ2n) is 6.39. The lowest BCUT2D eigenvalue weighted by atomic mass is 10.1. The summed E-state index contributed by atoms with van der Waals surface area (Å²) in [4.78, 5) is 13.3. The van der Waals surface area contributed by atoms with Crippen molar-refractivity contribution < 1.29 is 26.7 Å². The standard InChI is InChI=1S/C21H24F2N2O4S/c1-4-25(18-9-7-6-8-10-18)24-30(27,28)19(17-13-11-16(3)12-14-17)15-21(22,23)20(26)29-5-2/h6-15,24H,4-5H2,1-3H3/b19-15+. The van der Waals surface area contributed by atoms with Gasteiger partial charge in [-0.05, 0) is 38.5 Å². The summed E-state index contributed by atoms with van der Waals surface area (Å²) < 4.78 is 59.5. The molecule has 0 bridgehead atoms. The lowest BCUT2D eigenvalue weighted by molar-refractivity contribution is -0.164. The van der Waals surface area contributed by atoms with Crippen LogP contribution < -0.4 is 9.84 Å². The van der Waals surface area contributed by atoms with Gasteiger partial charge in [-0.3, -0.25) is 5.01 Å². The fourth-order valence-corrected chi connectivity index (χ4v) is 3.96. The number of sulfonamides is 1. The smallest absolute Gasteiger partial charge is 0.381 e. The van der Waals surface area contributed by atoms with Crippen molar-refractivity contribution in [2.45, 2.75) is 26.7 Å². The predicted molar refractivity (Wildman–Crippen MR) is 112 cm³/mol. The summed E-state index contributed by atoms with van der Waals surface area (Å²) in [5.74, 6) is -5.95. The number of aryl methyl sites for hydroxylation is 1. The third-order valence-corrected chi connectivity index (χ3v) is 5.49. The van der Waals surface area contributed by atoms with E-state index in [0.717, 1.165) is 5.56 Å². The fraction of sp³-hybridized carbons (Fsp3) is 0.286. The maximum absolute atomic E-state index is 14.4. The molecule has 0 atom stereocenters. The van der Waals surface area contributed by atoms with Crippen molar-refractivity contribution in [3.8, 4) is 0 Å². The van der Waals surface area contributed by atoms with Crippen LogP contribution in [-0.2, 0) is 19.6 Å². The van der Waals surface area contributed by atoms with Crippen molar-refractivity contribution in [1.82, 2.24) is 4.83 Å². The summed E-state index contributed by atoms with van der Waals surface area (Å²) in [6, 6.07) is 14.6. The van der Waals surface area contributed by atoms with Gasteiger partial charge in [0.15, 0.2) is 0 Å². The van der Waals surface area contributed by atoms with E-state index in [9.17, 15) is 22.0 Å². The third kappa shape index (κ3) is 5.87. The number of hydrazine groups is 1. The summed E-state index contributed by atoms with van der Waals surface area (Å²) in [6.45, 7) is 4.85. The van der Waals surface area contributed by atoms with Crippen LogP contribution in [-0.4, -0.2) is 33.5 Å². The average molecular weight is 438 g/mol. The molecule has 2 aromatic carbocycles. The Morgan fingerprint density at radius 1 is 1.10 bits per heavy atom. The Labute approximate surface area is 175 Å². The number of benzene rings is 2. The molecule has 0 unspecified atom stereocenters. The van der Waals surface area contributed by atoms with Gasteiger partial charge in [-0.15, -0.1) is 4.83 Å². The molecule has 0 aliphatic heterocycles. The monoisotopic (exact) mass is 438 g/mol. The second kappa shape index (κ2) is 9.82. The molecule has 0 fully saturated rings. The Morgan fingerprint density at radius 2 is 1.70 bits per heavy atom. The van der Waals surface area contributed by atoms with Crippen molar-refractivity contribution in [3.63, 3.8) is 0 Å². The van der Waals surface area contributed by atoms with Gasteiger partial charge < -0.3 is 4.74 Å². The average Bonchev–Trinajstić information content (AvgIpc) is 2.72. The van der Waals surface area contributed by atoms with Crippen LogP contribution in [0.4, 0.5) is 14.5 Å². The minimum atomic E-state index is -4.48. The van der Waals surface area contributed by atoms with Gasteiger partial charge in [0.2, 0.25) is 0 Å². The van der Waals surface area contributed by atoms with Gasteiger partial charge in [-0.2, -0.15) is 8.78 Å². The predicted octanol–water partition coefficient (Wildman–Crippen LogP) is 3.90. The van der Waals surface area contributed by atoms with Crippen LogP contribution in [0.1, 0.15) is 25.0 Å². The Balaban J connectivity index is 2.53. The Kier molecular flexibility index (Phi) is 7.69. The molecule has 0 aliphatic rings. The normalized spacial score (nSPS) is 12.5. The minimum Gasteiger partial charge on any atom is -0.461 e. The number of carbonyl (C=O) groups is 1. The van der Waals surface area contributed by atoms with Crippen LogP contribution in [0.3, 0.4) is 0 Å². The number of nitrogens with one attached hydrogen (secondary N) is 1. The molecule has 6 nitrogen and oxygen atoms in total. The van der Waals surface area contributed by atoms with Gasteiger partial charge in [0.25, 0.3) is 10.0 Å². The van der Waals surface area contributed by atoms with Gasteiger partial charge in [0.05, 0.1) is 17.2 Å². The number of esters is 1. The largest absolute Gasteiger partial charge is 0.461 e. The second-order valence-corrected chi connectivity index (χ2v) is 8.02. The number of hydrogen-bond donors (Lipinski definition) is 1. The van der Waals surface area contributed by atoms with E-state index in [0.29, 0.717) is 5.69 Å². The molecule has 30 heavy (non-hydrogen) atoms. The van der Waals surface area contributed by atoms with Crippen LogP contribution in [0.2, 0.25) is 0 Å². The van der Waals surface area contributed by atoms with Gasteiger partial charge in [0.1, 0.15) is 0 Å². The van der Waals surface area contributed by atoms with E-state index in [4.69, 9.17) is 0 Å². The zero-order valence-corrected chi connectivity index (χ0v) is 17.7. The number of ether oxygens (including phenoxy) is 1. The third-order valence-electron chi connectivity index (χ3n) is 4.10. The van der Waals surface area contributed by atoms with Crippen LogP contribution in [0, 0.1) is 6.92 Å². The first kappa shape index (κ1) is 23.5. The number of carbonyl (C=O) groups excluding carboxylic acids is 1. The van der Waals surface area contributed by atoms with Crippen molar-refractivity contribution in [3.05, 3.63) is 71.8 Å². The van der Waals surface area contributed by atoms with Crippen LogP contribution in [0.5, 0.6) is 0 Å². The van der Waals surface area contributed by atoms with Gasteiger partial charge in [0, 0.05) is 12.6 Å². The molecule has 1 N–H and O–H groups in total. The lowest BCUT2D eigenvalue weighted by Crippen LogP contribution is -2.43. The van der Waals surface area contributed by atoms with Crippen molar-refractivity contribution in [1.29, 1.82) is 0 Å². The first-order valence-electron chi connectivity index (χ1n) is 9.30. The topological polar surface area (TPSA) is 75.7 Å². The Morgan fingerprint density at radius 3 is 2.23 bits per heavy atom. The molecule has 9 heteroatoms. The van der Waals surface area contributed by atoms with E-state index in [-0.39, 0.29) is 24.8 Å². The zero-order chi connectivity index (χ0) is 22.4. The number of alkyl halides is 2. The molecule has 0 amide bonds. The first-order chi connectivity index (χ1) is 14.1. The Bertz CT molecular complexity index is 991. The van der Waals surface area contributed by atoms with Gasteiger partial charge in [-0.25, -0.2) is 13.2 Å². The zero-order valence-electron chi connectivity index (χ0n) is 16.9. The maximum atomic E-state index is 14.4. The number of halogens is 2. The SMILES string of the molecule is CCOC(=O)C(F)(F)/C=C(\c1ccc(C)cc1)S(=O)(=O)NN(CC)c1ccccc1. The molecular formula is C21H24F2N2O4S. The summed E-state index contributed by atoms with van der Waals surface area (Å²) in [5.41, 5.74) is 1.37. The number of hydrogen-bond acceptors (Lipinski definition) is 5. The van der Waals surface area contributed by atoms with Gasteiger partial charge >= 0.3 is 11.9 Å². The van der Waals surface area contributed by atoms with Crippen molar-refractivity contribution >= 4 is 26.6 Å². The molecule has 2 aromatic rings. The number of anilines is 1. The highest BCUT2D eigenvalue weighted by Crippen LogP contribution is 2.29. The molecule has 162 valence electrons. The molecular weight excluding hydrogens is 414 g/mol. The van der Waals surface area contributed by atoms with E-state index in [2.05, 4.69) is 9.57 Å². The van der Waals surface area contributed by atoms with E-state index in [1.54, 1.807) is 56.3 Å². The van der Waals surface area contributed by atoms with Crippen LogP contribution in [0.25, 0.3) is 4.91 Å². The van der Waals surface area contributed by atoms with E-state index >= 15 is 0 Å². The highest BCUT2D eigenvalue weighted by molar-refractivity contribution is 7.98. The summed E-state index contributed by atoms with van der Waals surface area (Å²) in [6.07, 6.45) is 0.122. The highest BCUT2D eigenvalue weighted by atomic mass is 32.2. The van der Waals surface area contributed by atoms with Crippen LogP contribution in [0.15, 0.2) is 60.7 Å². The van der Waals surface area contributed by atoms with Crippen LogP contribution >= 0.6 is 0 Å². The summed E-state index contributed by atoms with van der Waals surface area (Å²) in [7, 11) is -4.48. The first-order valence-corrected chi connectivity index (χ1v) is 10.8. The molecule has 0 radical (unpaired) electrons. The molecule has 0 saturated carbocycles. The summed E-state index contributed by atoms with van der Waals surface area (Å²) >= 11 is 0. The fourth-order valence-electron chi connectivity index (χ4n) is 2.59. The number of nitrogens with zero attached hydrogens (tertiary/aromatic N) is 1. The molecule has 0 aromatic heterocycles. The summed E-state index contributed by atoms with van der Waals surface area (Å²) in [5, 5.41) is 1.31. The van der Waals surface area contributed by atoms with Crippen molar-refractivity contribution in [2.75, 3.05) is 18.2 Å². The number of rotatable bonds is 9. The van der Waals surface area contributed by atoms with Crippen molar-refractivity contribution in [2.24, 2.45) is 0 Å². The van der Waals surface area contributed by atoms with E-state index in [1.807, 2.05) is 0 Å². The molecule has 0 aliphatic carbocycles. The van der Waals surface area contributed by atoms with E-state index < -0.39 is 26.8 Å². The highest BCUT2D eigenvalue weighted by Gasteiger charge is 2.41. The van der Waals surface area contributed by atoms with Gasteiger partial charge in [-0.1, -0.05) is 48.0 Å². The molecule has 0 saturated heterocycles.